The molecule has 0 saturated carbocycles. The second kappa shape index (κ2) is 17.9. The average Bonchev–Trinajstić information content (AvgIpc) is 4.16. The number of rotatable bonds is 8. The van der Waals surface area contributed by atoms with E-state index in [1.165, 1.54) is 0 Å². The maximum atomic E-state index is 15.6. The van der Waals surface area contributed by atoms with Crippen molar-refractivity contribution in [3.05, 3.63) is 93.6 Å². The second-order valence-electron chi connectivity index (χ2n) is 20.4. The molecule has 7 aliphatic heterocycles. The van der Waals surface area contributed by atoms with E-state index in [1.807, 2.05) is 43.6 Å². The van der Waals surface area contributed by atoms with Gasteiger partial charge in [0, 0.05) is 132 Å². The predicted molar refractivity (Wildman–Crippen MR) is 260 cm³/mol. The molecule has 3 fully saturated rings. The molecule has 3 aromatic heterocycles. The van der Waals surface area contributed by atoms with Gasteiger partial charge in [0.2, 0.25) is 23.6 Å². The topological polar surface area (TPSA) is 172 Å². The molecular weight excluding hydrogens is 927 g/mol. The molecular formula is C52H56F2N12O6. The summed E-state index contributed by atoms with van der Waals surface area (Å²) in [6, 6.07) is 7.90. The number of piperidine rings is 2. The van der Waals surface area contributed by atoms with Gasteiger partial charge in [-0.25, -0.2) is 13.8 Å². The van der Waals surface area contributed by atoms with Crippen LogP contribution in [0, 0.1) is 0 Å². The van der Waals surface area contributed by atoms with Crippen molar-refractivity contribution in [3.8, 4) is 11.1 Å². The molecule has 0 spiro atoms. The van der Waals surface area contributed by atoms with Gasteiger partial charge in [-0.3, -0.25) is 48.6 Å². The van der Waals surface area contributed by atoms with E-state index in [0.29, 0.717) is 94.2 Å². The molecule has 2 aromatic carbocycles. The molecule has 0 aliphatic carbocycles. The second-order valence-corrected chi connectivity index (χ2v) is 20.4. The van der Waals surface area contributed by atoms with Crippen LogP contribution in [0.3, 0.4) is 0 Å². The van der Waals surface area contributed by atoms with E-state index in [2.05, 4.69) is 36.7 Å². The smallest absolute Gasteiger partial charge is 0.264 e. The molecule has 0 bridgehead atoms. The van der Waals surface area contributed by atoms with Crippen molar-refractivity contribution in [3.63, 3.8) is 0 Å². The predicted octanol–water partition coefficient (Wildman–Crippen LogP) is 4.46. The summed E-state index contributed by atoms with van der Waals surface area (Å²) in [5.74, 6) is -1.57. The van der Waals surface area contributed by atoms with Crippen LogP contribution in [0.1, 0.15) is 106 Å². The van der Waals surface area contributed by atoms with E-state index in [-0.39, 0.29) is 53.9 Å². The van der Waals surface area contributed by atoms with Crippen LogP contribution in [0.5, 0.6) is 0 Å². The minimum absolute atomic E-state index is 0.0234. The third-order valence-corrected chi connectivity index (χ3v) is 16.1. The van der Waals surface area contributed by atoms with E-state index in [0.717, 1.165) is 76.7 Å². The lowest BCUT2D eigenvalue weighted by Gasteiger charge is -2.36. The molecule has 3 saturated heterocycles. The fourth-order valence-corrected chi connectivity index (χ4v) is 12.2. The van der Waals surface area contributed by atoms with Crippen molar-refractivity contribution >= 4 is 58.3 Å². The van der Waals surface area contributed by atoms with Crippen LogP contribution in [0.2, 0.25) is 0 Å². The van der Waals surface area contributed by atoms with Crippen molar-refractivity contribution in [2.24, 2.45) is 0 Å². The molecule has 20 heteroatoms. The highest BCUT2D eigenvalue weighted by Crippen LogP contribution is 2.46. The standard InChI is InChI=1S/C52H56F2N12O6/c1-30(67)62-14-9-41-40(27-62)49(64-11-3-4-31-20-35(37(48(53)54)23-43(31)64)36-24-45-55-10-15-63(45)28-44(36)60-18-16-58(2)17-19-60)57-66(41)34-7-12-61(13-8-34)47(69)29-59-25-32-21-38-39(22-33(32)26-59)52(72)65(51(38)71)42-5-6-46(68)56-50(42)70/h10,15,20-24,28,34,42,48H,3-9,11-14,16-19,25-27,29H2,1-2H3,(H,56,68,70). The number of imidazole rings is 1. The minimum atomic E-state index is -2.75. The maximum Gasteiger partial charge on any atom is 0.264 e. The van der Waals surface area contributed by atoms with Crippen LogP contribution in [0.4, 0.5) is 26.0 Å². The van der Waals surface area contributed by atoms with Gasteiger partial charge in [0.1, 0.15) is 11.7 Å². The van der Waals surface area contributed by atoms with Crippen LogP contribution in [0.15, 0.2) is 48.9 Å². The molecule has 1 atom stereocenters. The van der Waals surface area contributed by atoms with E-state index < -0.39 is 36.1 Å². The lowest BCUT2D eigenvalue weighted by molar-refractivity contribution is -0.136. The fourth-order valence-electron chi connectivity index (χ4n) is 12.2. The lowest BCUT2D eigenvalue weighted by Crippen LogP contribution is -2.54. The molecule has 0 radical (unpaired) electrons. The molecule has 18 nitrogen and oxygen atoms in total. The molecule has 6 amide bonds. The maximum absolute atomic E-state index is 15.6. The van der Waals surface area contributed by atoms with Gasteiger partial charge in [-0.05, 0) is 91.7 Å². The van der Waals surface area contributed by atoms with Crippen LogP contribution < -0.4 is 15.1 Å². The summed E-state index contributed by atoms with van der Waals surface area (Å²) in [6.45, 7) is 8.34. The average molecular weight is 983 g/mol. The summed E-state index contributed by atoms with van der Waals surface area (Å²) in [6.07, 6.45) is 6.40. The van der Waals surface area contributed by atoms with Crippen molar-refractivity contribution in [1.29, 1.82) is 0 Å². The van der Waals surface area contributed by atoms with E-state index in [1.54, 1.807) is 31.3 Å². The normalized spacial score (nSPS) is 21.0. The third kappa shape index (κ3) is 7.89. The summed E-state index contributed by atoms with van der Waals surface area (Å²) in [5, 5.41) is 7.57. The minimum Gasteiger partial charge on any atom is -0.367 e. The number of piperazine rings is 1. The number of carbonyl (C=O) groups excluding carboxylic acids is 6. The quantitative estimate of drug-likeness (QED) is 0.217. The zero-order valence-electron chi connectivity index (χ0n) is 40.4. The number of nitrogens with one attached hydrogen (secondary N) is 1. The van der Waals surface area contributed by atoms with Crippen LogP contribution >= 0.6 is 0 Å². The summed E-state index contributed by atoms with van der Waals surface area (Å²) in [5.41, 5.74) is 8.56. The first-order chi connectivity index (χ1) is 34.8. The molecule has 10 heterocycles. The van der Waals surface area contributed by atoms with E-state index in [4.69, 9.17) is 5.10 Å². The molecule has 5 aromatic rings. The van der Waals surface area contributed by atoms with E-state index in [9.17, 15) is 28.8 Å². The van der Waals surface area contributed by atoms with Gasteiger partial charge in [-0.1, -0.05) is 0 Å². The third-order valence-electron chi connectivity index (χ3n) is 16.1. The number of aryl methyl sites for hydroxylation is 1. The van der Waals surface area contributed by atoms with Crippen LogP contribution in [-0.4, -0.2) is 151 Å². The van der Waals surface area contributed by atoms with Gasteiger partial charge in [0.25, 0.3) is 18.2 Å². The number of likely N-dealkylation sites (N-methyl/N-ethyl adjacent to an activating group) is 1. The van der Waals surface area contributed by atoms with Gasteiger partial charge < -0.3 is 28.9 Å². The van der Waals surface area contributed by atoms with Gasteiger partial charge in [0.05, 0.1) is 35.9 Å². The molecule has 7 aliphatic rings. The van der Waals surface area contributed by atoms with Crippen molar-refractivity contribution in [1.82, 2.24) is 49.0 Å². The number of likely N-dealkylation sites (tertiary alicyclic amines) is 1. The number of imide groups is 2. The number of halogens is 2. The first-order valence-electron chi connectivity index (χ1n) is 25.1. The van der Waals surface area contributed by atoms with Crippen LogP contribution in [-0.2, 0) is 51.7 Å². The van der Waals surface area contributed by atoms with Crippen molar-refractivity contribution in [2.45, 2.75) is 90.0 Å². The Morgan fingerprint density at radius 2 is 1.49 bits per heavy atom. The summed E-state index contributed by atoms with van der Waals surface area (Å²) in [4.78, 5) is 95.8. The van der Waals surface area contributed by atoms with Gasteiger partial charge in [-0.2, -0.15) is 5.10 Å². The Kier molecular flexibility index (Phi) is 11.4. The van der Waals surface area contributed by atoms with Crippen LogP contribution in [0.25, 0.3) is 16.8 Å². The number of benzene rings is 2. The number of carbonyl (C=O) groups is 6. The number of fused-ring (bicyclic) bond motifs is 5. The number of alkyl halides is 2. The Morgan fingerprint density at radius 1 is 0.764 bits per heavy atom. The SMILES string of the molecule is CC(=O)N1CCc2c(c(N3CCCc4cc(-c5cc6nccn6cc5N5CCN(C)CC5)c(C(F)F)cc43)nn2C2CCN(C(=O)CN3Cc4cc5c(cc4C3)C(=O)N(C3CCC(=O)NC3=O)C5=O)CC2)C1. The number of amides is 6. The number of anilines is 3. The zero-order valence-corrected chi connectivity index (χ0v) is 40.4. The highest BCUT2D eigenvalue weighted by molar-refractivity contribution is 6.23. The largest absolute Gasteiger partial charge is 0.367 e. The first kappa shape index (κ1) is 46.0. The lowest BCUT2D eigenvalue weighted by atomic mass is 9.91. The Hall–Kier alpha value is -7.06. The number of pyridine rings is 1. The summed E-state index contributed by atoms with van der Waals surface area (Å²) in [7, 11) is 2.09. The molecule has 72 heavy (non-hydrogen) atoms. The summed E-state index contributed by atoms with van der Waals surface area (Å²) >= 11 is 0. The number of nitrogens with zero attached hydrogens (tertiary/aromatic N) is 11. The van der Waals surface area contributed by atoms with E-state index >= 15 is 8.78 Å². The van der Waals surface area contributed by atoms with Gasteiger partial charge in [-0.15, -0.1) is 0 Å². The zero-order chi connectivity index (χ0) is 49.7. The monoisotopic (exact) mass is 982 g/mol. The Morgan fingerprint density at radius 3 is 2.18 bits per heavy atom. The Bertz CT molecular complexity index is 3070. The van der Waals surface area contributed by atoms with Gasteiger partial charge in [0.15, 0.2) is 5.82 Å². The van der Waals surface area contributed by atoms with Crippen molar-refractivity contribution in [2.75, 3.05) is 75.8 Å². The molecule has 374 valence electrons. The summed E-state index contributed by atoms with van der Waals surface area (Å²) < 4.78 is 35.2. The number of hydrogen-bond acceptors (Lipinski definition) is 12. The fraction of sp³-hybridized carbons (Fsp3) is 0.462. The number of hydrogen-bond donors (Lipinski definition) is 1. The van der Waals surface area contributed by atoms with Crippen molar-refractivity contribution < 1.29 is 37.5 Å². The highest BCUT2D eigenvalue weighted by atomic mass is 19.3. The molecule has 12 rings (SSSR count). The Labute approximate surface area is 414 Å². The number of aromatic nitrogens is 4. The Balaban J connectivity index is 0.773. The first-order valence-corrected chi connectivity index (χ1v) is 25.1. The van der Waals surface area contributed by atoms with Gasteiger partial charge >= 0.3 is 0 Å². The highest BCUT2D eigenvalue weighted by Gasteiger charge is 2.46. The molecule has 1 unspecified atom stereocenters. The molecule has 1 N–H and O–H groups in total.